The number of allylic oxidation sites excluding steroid dienone is 1. The smallest absolute Gasteiger partial charge is 0.302 e. The van der Waals surface area contributed by atoms with Gasteiger partial charge in [-0.2, -0.15) is 0 Å². The first kappa shape index (κ1) is 24.6. The predicted molar refractivity (Wildman–Crippen MR) is 114 cm³/mol. The van der Waals surface area contributed by atoms with Gasteiger partial charge in [-0.3, -0.25) is 9.59 Å². The third-order valence-electron chi connectivity index (χ3n) is 7.73. The summed E-state index contributed by atoms with van der Waals surface area (Å²) in [6.45, 7) is 9.61. The molecule has 2 N–H and O–H groups in total. The number of hydrogen-bond acceptors (Lipinski definition) is 6. The third kappa shape index (κ3) is 4.97. The summed E-state index contributed by atoms with van der Waals surface area (Å²) in [6.07, 6.45) is 7.75. The second-order valence-electron chi connectivity index (χ2n) is 9.37. The zero-order valence-corrected chi connectivity index (χ0v) is 19.1. The molecule has 170 valence electrons. The van der Waals surface area contributed by atoms with Crippen LogP contribution in [0.4, 0.5) is 0 Å². The van der Waals surface area contributed by atoms with E-state index >= 15 is 0 Å². The van der Waals surface area contributed by atoms with Crippen molar-refractivity contribution in [3.05, 3.63) is 23.3 Å². The van der Waals surface area contributed by atoms with Gasteiger partial charge >= 0.3 is 11.9 Å². The molecule has 0 heterocycles. The van der Waals surface area contributed by atoms with Crippen LogP contribution in [0.25, 0.3) is 0 Å². The summed E-state index contributed by atoms with van der Waals surface area (Å²) >= 11 is 0. The molecule has 1 saturated carbocycles. The van der Waals surface area contributed by atoms with Gasteiger partial charge in [0.05, 0.1) is 13.2 Å². The predicted octanol–water partition coefficient (Wildman–Crippen LogP) is 3.56. The van der Waals surface area contributed by atoms with Crippen molar-refractivity contribution in [2.24, 2.45) is 22.7 Å². The molecule has 2 aliphatic carbocycles. The molecular weight excluding hydrogens is 384 g/mol. The summed E-state index contributed by atoms with van der Waals surface area (Å²) in [7, 11) is 0. The highest BCUT2D eigenvalue weighted by atomic mass is 16.5. The van der Waals surface area contributed by atoms with Crippen molar-refractivity contribution in [2.45, 2.75) is 72.8 Å². The molecule has 2 rings (SSSR count). The van der Waals surface area contributed by atoms with Crippen molar-refractivity contribution in [2.75, 3.05) is 19.8 Å². The highest BCUT2D eigenvalue weighted by Gasteiger charge is 2.59. The minimum Gasteiger partial charge on any atom is -0.462 e. The average molecular weight is 423 g/mol. The Balaban J connectivity index is 2.41. The van der Waals surface area contributed by atoms with E-state index in [9.17, 15) is 19.8 Å². The van der Waals surface area contributed by atoms with Gasteiger partial charge in [-0.1, -0.05) is 32.9 Å². The van der Waals surface area contributed by atoms with E-state index in [1.54, 1.807) is 6.08 Å². The molecule has 0 aromatic heterocycles. The van der Waals surface area contributed by atoms with Gasteiger partial charge < -0.3 is 19.7 Å². The van der Waals surface area contributed by atoms with Gasteiger partial charge in [0.25, 0.3) is 0 Å². The lowest BCUT2D eigenvalue weighted by molar-refractivity contribution is -0.176. The van der Waals surface area contributed by atoms with Gasteiger partial charge in [0, 0.05) is 19.3 Å². The molecular formula is C24H38O6. The molecule has 0 saturated heterocycles. The molecule has 6 heteroatoms. The summed E-state index contributed by atoms with van der Waals surface area (Å²) in [6, 6.07) is 0. The van der Waals surface area contributed by atoms with E-state index in [0.29, 0.717) is 12.3 Å². The SMILES string of the molecule is CC(=O)OCC1=CCC[C@H]2[C@@](C)(CC/C(=C\CO)CO)[C@@H](C)C[C@H](OC(C)=O)[C@]12C. The summed E-state index contributed by atoms with van der Waals surface area (Å²) in [4.78, 5) is 23.4. The van der Waals surface area contributed by atoms with Crippen molar-refractivity contribution in [1.29, 1.82) is 0 Å². The summed E-state index contributed by atoms with van der Waals surface area (Å²) < 4.78 is 11.2. The Bertz CT molecular complexity index is 696. The van der Waals surface area contributed by atoms with Crippen molar-refractivity contribution < 1.29 is 29.3 Å². The molecule has 0 spiro atoms. The number of fused-ring (bicyclic) bond motifs is 1. The van der Waals surface area contributed by atoms with E-state index in [2.05, 4.69) is 26.8 Å². The number of hydrogen-bond donors (Lipinski definition) is 2. The Morgan fingerprint density at radius 1 is 1.23 bits per heavy atom. The van der Waals surface area contributed by atoms with Gasteiger partial charge in [-0.05, 0) is 60.5 Å². The number of carbonyl (C=O) groups excluding carboxylic acids is 2. The van der Waals surface area contributed by atoms with E-state index < -0.39 is 5.41 Å². The van der Waals surface area contributed by atoms with Crippen LogP contribution in [0.5, 0.6) is 0 Å². The van der Waals surface area contributed by atoms with E-state index in [0.717, 1.165) is 36.8 Å². The molecule has 5 atom stereocenters. The number of aliphatic hydroxyl groups excluding tert-OH is 2. The monoisotopic (exact) mass is 422 g/mol. The molecule has 1 fully saturated rings. The standard InChI is InChI=1S/C24H38O6/c1-16-13-22(30-18(3)28)24(5)20(15-29-17(2)27)7-6-8-21(24)23(16,4)11-9-19(14-26)10-12-25/h7,10,16,21-22,25-26H,6,8-9,11-15H2,1-5H3/b19-10+/t16-,21-,22-,23-,24+/m0/s1. The van der Waals surface area contributed by atoms with Crippen LogP contribution in [0.1, 0.15) is 66.7 Å². The van der Waals surface area contributed by atoms with Crippen molar-refractivity contribution in [3.8, 4) is 0 Å². The highest BCUT2D eigenvalue weighted by molar-refractivity contribution is 5.67. The van der Waals surface area contributed by atoms with Crippen LogP contribution >= 0.6 is 0 Å². The molecule has 30 heavy (non-hydrogen) atoms. The van der Waals surface area contributed by atoms with E-state index in [4.69, 9.17) is 9.47 Å². The molecule has 6 nitrogen and oxygen atoms in total. The first-order chi connectivity index (χ1) is 14.1. The molecule has 0 amide bonds. The Morgan fingerprint density at radius 3 is 2.50 bits per heavy atom. The maximum Gasteiger partial charge on any atom is 0.302 e. The highest BCUT2D eigenvalue weighted by Crippen LogP contribution is 2.62. The molecule has 2 aliphatic rings. The molecule has 0 aromatic rings. The van der Waals surface area contributed by atoms with Crippen LogP contribution in [0.2, 0.25) is 0 Å². The Morgan fingerprint density at radius 2 is 1.93 bits per heavy atom. The van der Waals surface area contributed by atoms with Gasteiger partial charge in [0.15, 0.2) is 0 Å². The lowest BCUT2D eigenvalue weighted by Gasteiger charge is -2.60. The van der Waals surface area contributed by atoms with Crippen molar-refractivity contribution in [3.63, 3.8) is 0 Å². The number of aliphatic hydroxyl groups is 2. The number of rotatable bonds is 8. The van der Waals surface area contributed by atoms with E-state index in [1.807, 2.05) is 0 Å². The van der Waals surface area contributed by atoms with Crippen LogP contribution in [0.3, 0.4) is 0 Å². The Labute approximate surface area is 180 Å². The van der Waals surface area contributed by atoms with Crippen LogP contribution < -0.4 is 0 Å². The molecule has 0 bridgehead atoms. The summed E-state index contributed by atoms with van der Waals surface area (Å²) in [5.41, 5.74) is 1.42. The quantitative estimate of drug-likeness (QED) is 0.459. The molecule has 0 unspecified atom stereocenters. The Kier molecular flexibility index (Phi) is 8.28. The normalized spacial score (nSPS) is 34.0. The lowest BCUT2D eigenvalue weighted by atomic mass is 9.45. The second kappa shape index (κ2) is 10.1. The first-order valence-electron chi connectivity index (χ1n) is 11.0. The molecule has 0 radical (unpaired) electrons. The van der Waals surface area contributed by atoms with Gasteiger partial charge in [0.2, 0.25) is 0 Å². The average Bonchev–Trinajstić information content (AvgIpc) is 2.68. The van der Waals surface area contributed by atoms with Gasteiger partial charge in [-0.25, -0.2) is 0 Å². The summed E-state index contributed by atoms with van der Waals surface area (Å²) in [5.74, 6) is -0.0641. The Hall–Kier alpha value is -1.66. The van der Waals surface area contributed by atoms with Crippen LogP contribution in [0, 0.1) is 22.7 Å². The summed E-state index contributed by atoms with van der Waals surface area (Å²) in [5, 5.41) is 18.9. The first-order valence-corrected chi connectivity index (χ1v) is 11.0. The maximum atomic E-state index is 11.9. The fraction of sp³-hybridized carbons (Fsp3) is 0.750. The van der Waals surface area contributed by atoms with Gasteiger partial charge in [0.1, 0.15) is 12.7 Å². The van der Waals surface area contributed by atoms with Crippen LogP contribution in [-0.2, 0) is 19.1 Å². The molecule has 0 aromatic carbocycles. The largest absolute Gasteiger partial charge is 0.462 e. The third-order valence-corrected chi connectivity index (χ3v) is 7.73. The zero-order valence-electron chi connectivity index (χ0n) is 19.1. The van der Waals surface area contributed by atoms with Crippen molar-refractivity contribution in [1.82, 2.24) is 0 Å². The second-order valence-corrected chi connectivity index (χ2v) is 9.37. The maximum absolute atomic E-state index is 11.9. The lowest BCUT2D eigenvalue weighted by Crippen LogP contribution is -2.58. The number of carbonyl (C=O) groups is 2. The van der Waals surface area contributed by atoms with Crippen LogP contribution in [-0.4, -0.2) is 48.1 Å². The van der Waals surface area contributed by atoms with Crippen LogP contribution in [0.15, 0.2) is 23.3 Å². The number of esters is 2. The zero-order chi connectivity index (χ0) is 22.5. The number of ether oxygens (including phenoxy) is 2. The van der Waals surface area contributed by atoms with E-state index in [-0.39, 0.29) is 49.2 Å². The fourth-order valence-electron chi connectivity index (χ4n) is 5.78. The fourth-order valence-corrected chi connectivity index (χ4v) is 5.78. The minimum absolute atomic E-state index is 0.0507. The van der Waals surface area contributed by atoms with Crippen molar-refractivity contribution >= 4 is 11.9 Å². The molecule has 0 aliphatic heterocycles. The minimum atomic E-state index is -0.416. The topological polar surface area (TPSA) is 93.1 Å². The van der Waals surface area contributed by atoms with Gasteiger partial charge in [-0.15, -0.1) is 0 Å². The van der Waals surface area contributed by atoms with E-state index in [1.165, 1.54) is 13.8 Å².